The number of phenolic OH excluding ortho intramolecular Hbond substituents is 1. The van der Waals surface area contributed by atoms with Crippen LogP contribution < -0.4 is 4.74 Å². The van der Waals surface area contributed by atoms with Crippen molar-refractivity contribution in [2.75, 3.05) is 20.3 Å². The van der Waals surface area contributed by atoms with Crippen LogP contribution in [-0.4, -0.2) is 25.4 Å². The van der Waals surface area contributed by atoms with E-state index < -0.39 is 6.29 Å². The van der Waals surface area contributed by atoms with Gasteiger partial charge in [0.1, 0.15) is 0 Å². The van der Waals surface area contributed by atoms with Gasteiger partial charge in [0.2, 0.25) is 0 Å². The van der Waals surface area contributed by atoms with Gasteiger partial charge in [-0.2, -0.15) is 0 Å². The van der Waals surface area contributed by atoms with Crippen molar-refractivity contribution >= 4 is 15.9 Å². The fraction of sp³-hybridized carbons (Fsp3) is 0.538. The SMILES string of the molecule is COc1ccc(Br)c(C2OCC(C)(C)CO2)c1O. The zero-order chi connectivity index (χ0) is 13.3. The van der Waals surface area contributed by atoms with Crippen LogP contribution in [-0.2, 0) is 9.47 Å². The number of hydrogen-bond donors (Lipinski definition) is 1. The monoisotopic (exact) mass is 316 g/mol. The minimum Gasteiger partial charge on any atom is -0.504 e. The van der Waals surface area contributed by atoms with Gasteiger partial charge in [0.25, 0.3) is 0 Å². The van der Waals surface area contributed by atoms with Gasteiger partial charge in [-0.3, -0.25) is 0 Å². The van der Waals surface area contributed by atoms with E-state index in [1.165, 1.54) is 7.11 Å². The smallest absolute Gasteiger partial charge is 0.188 e. The molecular formula is C13H17BrO4. The second-order valence-corrected chi connectivity index (χ2v) is 5.98. The lowest BCUT2D eigenvalue weighted by Crippen LogP contribution is -2.33. The molecule has 1 saturated heterocycles. The summed E-state index contributed by atoms with van der Waals surface area (Å²) in [5.74, 6) is 0.460. The van der Waals surface area contributed by atoms with Crippen molar-refractivity contribution in [3.05, 3.63) is 22.2 Å². The Hall–Kier alpha value is -0.780. The van der Waals surface area contributed by atoms with Crippen LogP contribution in [0.5, 0.6) is 11.5 Å². The largest absolute Gasteiger partial charge is 0.504 e. The Labute approximate surface area is 115 Å². The Kier molecular flexibility index (Phi) is 3.84. The standard InChI is InChI=1S/C13H17BrO4/c1-13(2)6-17-12(18-7-13)10-8(14)4-5-9(16-3)11(10)15/h4-5,12,15H,6-7H2,1-3H3. The first kappa shape index (κ1) is 13.6. The van der Waals surface area contributed by atoms with Gasteiger partial charge in [0.05, 0.1) is 25.9 Å². The summed E-state index contributed by atoms with van der Waals surface area (Å²) >= 11 is 3.40. The van der Waals surface area contributed by atoms with Crippen LogP contribution in [0, 0.1) is 5.41 Å². The van der Waals surface area contributed by atoms with Crippen LogP contribution in [0.2, 0.25) is 0 Å². The number of hydrogen-bond acceptors (Lipinski definition) is 4. The van der Waals surface area contributed by atoms with E-state index in [4.69, 9.17) is 14.2 Å². The first-order valence-corrected chi connectivity index (χ1v) is 6.52. The molecule has 0 unspecified atom stereocenters. The second-order valence-electron chi connectivity index (χ2n) is 5.13. The molecule has 5 heteroatoms. The molecule has 18 heavy (non-hydrogen) atoms. The molecule has 0 radical (unpaired) electrons. The Balaban J connectivity index is 2.29. The highest BCUT2D eigenvalue weighted by Gasteiger charge is 2.32. The molecule has 1 fully saturated rings. The third-order valence-electron chi connectivity index (χ3n) is 2.83. The molecule has 2 rings (SSSR count). The molecule has 1 aromatic rings. The lowest BCUT2D eigenvalue weighted by molar-refractivity contribution is -0.227. The molecule has 0 atom stereocenters. The summed E-state index contributed by atoms with van der Waals surface area (Å²) in [5, 5.41) is 10.1. The van der Waals surface area contributed by atoms with Gasteiger partial charge in [0, 0.05) is 9.89 Å². The summed E-state index contributed by atoms with van der Waals surface area (Å²) in [4.78, 5) is 0. The van der Waals surface area contributed by atoms with Crippen molar-refractivity contribution in [2.45, 2.75) is 20.1 Å². The lowest BCUT2D eigenvalue weighted by atomic mass is 9.95. The topological polar surface area (TPSA) is 47.9 Å². The van der Waals surface area contributed by atoms with E-state index in [0.717, 1.165) is 4.47 Å². The van der Waals surface area contributed by atoms with E-state index in [-0.39, 0.29) is 11.2 Å². The van der Waals surface area contributed by atoms with Crippen LogP contribution in [0.3, 0.4) is 0 Å². The molecule has 1 aliphatic rings. The minimum absolute atomic E-state index is 0.00252. The zero-order valence-corrected chi connectivity index (χ0v) is 12.3. The fourth-order valence-corrected chi connectivity index (χ4v) is 2.32. The molecule has 1 aliphatic heterocycles. The van der Waals surface area contributed by atoms with Gasteiger partial charge in [-0.25, -0.2) is 0 Å². The number of rotatable bonds is 2. The summed E-state index contributed by atoms with van der Waals surface area (Å²) < 4.78 is 17.2. The van der Waals surface area contributed by atoms with Crippen LogP contribution in [0.15, 0.2) is 16.6 Å². The van der Waals surface area contributed by atoms with Gasteiger partial charge >= 0.3 is 0 Å². The van der Waals surface area contributed by atoms with E-state index in [2.05, 4.69) is 29.8 Å². The zero-order valence-electron chi connectivity index (χ0n) is 10.7. The lowest BCUT2D eigenvalue weighted by Gasteiger charge is -2.35. The Morgan fingerprint density at radius 2 is 1.94 bits per heavy atom. The Morgan fingerprint density at radius 1 is 1.33 bits per heavy atom. The quantitative estimate of drug-likeness (QED) is 0.910. The molecule has 1 aromatic carbocycles. The second kappa shape index (κ2) is 5.07. The van der Waals surface area contributed by atoms with Crippen molar-refractivity contribution in [3.63, 3.8) is 0 Å². The van der Waals surface area contributed by atoms with Gasteiger partial charge in [-0.05, 0) is 12.1 Å². The molecule has 0 saturated carbocycles. The molecule has 4 nitrogen and oxygen atoms in total. The first-order chi connectivity index (χ1) is 8.44. The molecule has 0 aromatic heterocycles. The number of ether oxygens (including phenoxy) is 3. The van der Waals surface area contributed by atoms with Crippen LogP contribution in [0.1, 0.15) is 25.7 Å². The summed E-state index contributed by atoms with van der Waals surface area (Å²) in [7, 11) is 1.51. The maximum atomic E-state index is 10.1. The Bertz CT molecular complexity index is 435. The maximum absolute atomic E-state index is 10.1. The van der Waals surface area contributed by atoms with E-state index in [1.807, 2.05) is 0 Å². The van der Waals surface area contributed by atoms with Gasteiger partial charge in [-0.15, -0.1) is 0 Å². The summed E-state index contributed by atoms with van der Waals surface area (Å²) in [6.07, 6.45) is -0.567. The molecule has 100 valence electrons. The van der Waals surface area contributed by atoms with Crippen molar-refractivity contribution in [1.29, 1.82) is 0 Å². The van der Waals surface area contributed by atoms with Crippen LogP contribution >= 0.6 is 15.9 Å². The van der Waals surface area contributed by atoms with Crippen LogP contribution in [0.4, 0.5) is 0 Å². The third kappa shape index (κ3) is 2.63. The summed E-state index contributed by atoms with van der Waals surface area (Å²) in [6.45, 7) is 5.31. The predicted molar refractivity (Wildman–Crippen MR) is 70.8 cm³/mol. The van der Waals surface area contributed by atoms with E-state index in [1.54, 1.807) is 12.1 Å². The molecule has 0 amide bonds. The van der Waals surface area contributed by atoms with Gasteiger partial charge in [0.15, 0.2) is 17.8 Å². The van der Waals surface area contributed by atoms with Crippen molar-refractivity contribution in [1.82, 2.24) is 0 Å². The van der Waals surface area contributed by atoms with Gasteiger partial charge in [-0.1, -0.05) is 29.8 Å². The number of methoxy groups -OCH3 is 1. The summed E-state index contributed by atoms with van der Waals surface area (Å²) in [6, 6.07) is 3.50. The normalized spacial score (nSPS) is 19.8. The summed E-state index contributed by atoms with van der Waals surface area (Å²) in [5.41, 5.74) is 0.571. The van der Waals surface area contributed by atoms with Crippen molar-refractivity contribution in [3.8, 4) is 11.5 Å². The van der Waals surface area contributed by atoms with E-state index >= 15 is 0 Å². The maximum Gasteiger partial charge on any atom is 0.188 e. The molecule has 1 heterocycles. The highest BCUT2D eigenvalue weighted by molar-refractivity contribution is 9.10. The number of halogens is 1. The molecule has 0 spiro atoms. The average Bonchev–Trinajstić information content (AvgIpc) is 2.31. The highest BCUT2D eigenvalue weighted by Crippen LogP contribution is 2.43. The predicted octanol–water partition coefficient (Wildman–Crippen LogP) is 3.23. The van der Waals surface area contributed by atoms with Crippen LogP contribution in [0.25, 0.3) is 0 Å². The van der Waals surface area contributed by atoms with E-state index in [9.17, 15) is 5.11 Å². The molecule has 1 N–H and O–H groups in total. The van der Waals surface area contributed by atoms with Crippen molar-refractivity contribution < 1.29 is 19.3 Å². The molecular weight excluding hydrogens is 300 g/mol. The Morgan fingerprint density at radius 3 is 2.50 bits per heavy atom. The minimum atomic E-state index is -0.567. The third-order valence-corrected chi connectivity index (χ3v) is 3.52. The molecule has 0 aliphatic carbocycles. The number of benzene rings is 1. The van der Waals surface area contributed by atoms with E-state index in [0.29, 0.717) is 24.5 Å². The average molecular weight is 317 g/mol. The first-order valence-electron chi connectivity index (χ1n) is 5.73. The highest BCUT2D eigenvalue weighted by atomic mass is 79.9. The molecule has 0 bridgehead atoms. The number of phenols is 1. The van der Waals surface area contributed by atoms with Crippen molar-refractivity contribution in [2.24, 2.45) is 5.41 Å². The fourth-order valence-electron chi connectivity index (χ4n) is 1.81. The number of aromatic hydroxyl groups is 1. The van der Waals surface area contributed by atoms with Gasteiger partial charge < -0.3 is 19.3 Å².